The highest BCUT2D eigenvalue weighted by molar-refractivity contribution is 6.03. The number of pyridine rings is 2. The van der Waals surface area contributed by atoms with Crippen LogP contribution in [0, 0.1) is 17.7 Å². The summed E-state index contributed by atoms with van der Waals surface area (Å²) in [6.45, 7) is 0. The van der Waals surface area contributed by atoms with Crippen LogP contribution in [0.2, 0.25) is 0 Å². The number of nitrogens with zero attached hydrogens (tertiary/aromatic N) is 1. The van der Waals surface area contributed by atoms with Crippen LogP contribution in [0.1, 0.15) is 65.2 Å². The van der Waals surface area contributed by atoms with Gasteiger partial charge in [0, 0.05) is 30.8 Å². The van der Waals surface area contributed by atoms with Crippen molar-refractivity contribution in [3.63, 3.8) is 0 Å². The van der Waals surface area contributed by atoms with Crippen LogP contribution >= 0.6 is 0 Å². The Kier molecular flexibility index (Phi) is 5.70. The molecule has 0 radical (unpaired) electrons. The third-order valence-corrected chi connectivity index (χ3v) is 7.74. The van der Waals surface area contributed by atoms with E-state index in [1.807, 2.05) is 6.07 Å². The largest absolute Gasteiger partial charge is 0.364 e. The molecule has 0 bridgehead atoms. The van der Waals surface area contributed by atoms with Crippen molar-refractivity contribution in [2.75, 3.05) is 0 Å². The fraction of sp³-hybridized carbons (Fsp3) is 0.423. The van der Waals surface area contributed by atoms with Gasteiger partial charge in [0.1, 0.15) is 11.5 Å². The van der Waals surface area contributed by atoms with E-state index in [0.29, 0.717) is 18.4 Å². The Morgan fingerprint density at radius 3 is 2.68 bits per heavy atom. The number of hydrogen-bond acceptors (Lipinski definition) is 3. The number of primary amides is 1. The Balaban J connectivity index is 0.000000152. The molecule has 1 aromatic carbocycles. The molecule has 0 saturated heterocycles. The Labute approximate surface area is 194 Å². The SMILES string of the molecule is Fc1ccc(C2CC[C@H]3[C@@H]2CCC3(F)F)c2c1CCC2.NC(=O)c1nccc2[nH]ccc(=O)c12. The van der Waals surface area contributed by atoms with Crippen molar-refractivity contribution in [3.8, 4) is 0 Å². The quantitative estimate of drug-likeness (QED) is 0.561. The first-order valence-electron chi connectivity index (χ1n) is 11.7. The topological polar surface area (TPSA) is 88.8 Å². The lowest BCUT2D eigenvalue weighted by atomic mass is 9.83. The van der Waals surface area contributed by atoms with Crippen molar-refractivity contribution >= 4 is 16.8 Å². The fourth-order valence-electron chi connectivity index (χ4n) is 6.27. The van der Waals surface area contributed by atoms with E-state index in [0.717, 1.165) is 36.8 Å². The van der Waals surface area contributed by atoms with Crippen LogP contribution in [0.4, 0.5) is 13.2 Å². The Bertz CT molecular complexity index is 1320. The second kappa shape index (κ2) is 8.56. The normalized spacial score (nSPS) is 24.4. The van der Waals surface area contributed by atoms with Gasteiger partial charge in [-0.05, 0) is 79.2 Å². The molecular weight excluding hydrogens is 443 g/mol. The number of H-pyrrole nitrogens is 1. The molecular formula is C26H26F3N3O2. The number of nitrogens with two attached hydrogens (primary N) is 1. The molecule has 1 unspecified atom stereocenters. The van der Waals surface area contributed by atoms with Gasteiger partial charge in [0.05, 0.1) is 10.9 Å². The van der Waals surface area contributed by atoms with Crippen molar-refractivity contribution in [1.82, 2.24) is 9.97 Å². The van der Waals surface area contributed by atoms with Crippen LogP contribution < -0.4 is 11.2 Å². The van der Waals surface area contributed by atoms with E-state index in [4.69, 9.17) is 5.73 Å². The summed E-state index contributed by atoms with van der Waals surface area (Å²) in [6, 6.07) is 6.38. The number of carbonyl (C=O) groups excluding carboxylic acids is 1. The first-order valence-corrected chi connectivity index (χ1v) is 11.7. The lowest BCUT2D eigenvalue weighted by Gasteiger charge is -2.22. The highest BCUT2D eigenvalue weighted by atomic mass is 19.3. The average Bonchev–Trinajstić information content (AvgIpc) is 3.53. The van der Waals surface area contributed by atoms with E-state index < -0.39 is 17.7 Å². The number of halogens is 3. The highest BCUT2D eigenvalue weighted by Gasteiger charge is 2.55. The summed E-state index contributed by atoms with van der Waals surface area (Å²) in [6.07, 6.45) is 7.83. The Morgan fingerprint density at radius 2 is 1.88 bits per heavy atom. The summed E-state index contributed by atoms with van der Waals surface area (Å²) < 4.78 is 41.6. The Morgan fingerprint density at radius 1 is 1.09 bits per heavy atom. The van der Waals surface area contributed by atoms with Crippen LogP contribution in [0.3, 0.4) is 0 Å². The predicted octanol–water partition coefficient (Wildman–Crippen LogP) is 4.88. The maximum atomic E-state index is 13.9. The van der Waals surface area contributed by atoms with Gasteiger partial charge in [0.2, 0.25) is 0 Å². The molecule has 8 heteroatoms. The summed E-state index contributed by atoms with van der Waals surface area (Å²) in [5, 5.41) is 0.238. The van der Waals surface area contributed by atoms with Crippen molar-refractivity contribution in [3.05, 3.63) is 75.1 Å². The number of benzene rings is 1. The van der Waals surface area contributed by atoms with Gasteiger partial charge in [-0.25, -0.2) is 13.2 Å². The smallest absolute Gasteiger partial charge is 0.268 e. The van der Waals surface area contributed by atoms with Crippen molar-refractivity contribution < 1.29 is 18.0 Å². The predicted molar refractivity (Wildman–Crippen MR) is 122 cm³/mol. The van der Waals surface area contributed by atoms with Crippen molar-refractivity contribution in [1.29, 1.82) is 0 Å². The molecule has 2 saturated carbocycles. The highest BCUT2D eigenvalue weighted by Crippen LogP contribution is 2.58. The van der Waals surface area contributed by atoms with Gasteiger partial charge in [0.25, 0.3) is 11.8 Å². The average molecular weight is 470 g/mol. The number of fused-ring (bicyclic) bond motifs is 3. The molecule has 34 heavy (non-hydrogen) atoms. The number of alkyl halides is 2. The molecule has 178 valence electrons. The second-order valence-corrected chi connectivity index (χ2v) is 9.49. The summed E-state index contributed by atoms with van der Waals surface area (Å²) in [5.41, 5.74) is 8.58. The number of amides is 1. The number of aromatic amines is 1. The van der Waals surface area contributed by atoms with Crippen molar-refractivity contribution in [2.45, 2.75) is 56.8 Å². The van der Waals surface area contributed by atoms with E-state index in [1.54, 1.807) is 12.1 Å². The van der Waals surface area contributed by atoms with Gasteiger partial charge < -0.3 is 10.7 Å². The molecule has 6 rings (SSSR count). The zero-order chi connectivity index (χ0) is 24.0. The van der Waals surface area contributed by atoms with Gasteiger partial charge in [-0.1, -0.05) is 6.07 Å². The van der Waals surface area contributed by atoms with Crippen LogP contribution in [-0.2, 0) is 12.8 Å². The minimum Gasteiger partial charge on any atom is -0.364 e. The first kappa shape index (κ1) is 22.6. The van der Waals surface area contributed by atoms with Gasteiger partial charge in [0.15, 0.2) is 5.43 Å². The lowest BCUT2D eigenvalue weighted by Crippen LogP contribution is -2.23. The molecule has 3 N–H and O–H groups in total. The summed E-state index contributed by atoms with van der Waals surface area (Å²) in [4.78, 5) is 29.0. The molecule has 1 amide bonds. The third-order valence-electron chi connectivity index (χ3n) is 7.74. The van der Waals surface area contributed by atoms with Gasteiger partial charge in [-0.2, -0.15) is 0 Å². The summed E-state index contributed by atoms with van der Waals surface area (Å²) in [7, 11) is 0. The molecule has 3 aromatic rings. The van der Waals surface area contributed by atoms with E-state index in [9.17, 15) is 22.8 Å². The molecule has 0 aliphatic heterocycles. The van der Waals surface area contributed by atoms with E-state index in [1.165, 1.54) is 24.0 Å². The number of hydrogen-bond donors (Lipinski definition) is 2. The Hall–Kier alpha value is -3.16. The first-order chi connectivity index (χ1) is 16.3. The third kappa shape index (κ3) is 3.79. The zero-order valence-electron chi connectivity index (χ0n) is 18.6. The monoisotopic (exact) mass is 469 g/mol. The van der Waals surface area contributed by atoms with Gasteiger partial charge in [-0.3, -0.25) is 14.6 Å². The van der Waals surface area contributed by atoms with E-state index in [-0.39, 0.29) is 40.6 Å². The molecule has 2 fully saturated rings. The molecule has 0 spiro atoms. The van der Waals surface area contributed by atoms with E-state index >= 15 is 0 Å². The van der Waals surface area contributed by atoms with Crippen molar-refractivity contribution in [2.24, 2.45) is 17.6 Å². The van der Waals surface area contributed by atoms with Crippen LogP contribution in [0.5, 0.6) is 0 Å². The molecule has 3 aliphatic rings. The standard InChI is InChI=1S/C17H19F3.C9H7N3O2/c18-16-7-5-11(10-2-1-3-14(10)16)12-4-6-15-13(12)8-9-17(15,19)20;10-9(14)8-7-5(1-3-12-8)11-4-2-6(7)13/h5,7,12-13,15H,1-4,6,8-9H2;1-4H,(H2,10,14)(H,11,13)/t12?,13-,15+;/m1./s1. The van der Waals surface area contributed by atoms with Gasteiger partial charge >= 0.3 is 0 Å². The molecule has 3 aliphatic carbocycles. The van der Waals surface area contributed by atoms with Crippen LogP contribution in [0.25, 0.3) is 10.9 Å². The molecule has 2 heterocycles. The number of aromatic nitrogens is 2. The summed E-state index contributed by atoms with van der Waals surface area (Å²) >= 11 is 0. The summed E-state index contributed by atoms with van der Waals surface area (Å²) in [5.74, 6) is -3.36. The maximum absolute atomic E-state index is 13.9. The minimum atomic E-state index is -2.47. The zero-order valence-corrected chi connectivity index (χ0v) is 18.6. The molecule has 5 nitrogen and oxygen atoms in total. The molecule has 2 aromatic heterocycles. The van der Waals surface area contributed by atoms with Gasteiger partial charge in [-0.15, -0.1) is 0 Å². The van der Waals surface area contributed by atoms with Crippen LogP contribution in [0.15, 0.2) is 41.5 Å². The lowest BCUT2D eigenvalue weighted by molar-refractivity contribution is -0.0409. The number of rotatable bonds is 2. The van der Waals surface area contributed by atoms with Crippen LogP contribution in [-0.4, -0.2) is 21.8 Å². The second-order valence-electron chi connectivity index (χ2n) is 9.49. The minimum absolute atomic E-state index is 0.00403. The molecule has 3 atom stereocenters. The number of carbonyl (C=O) groups is 1. The van der Waals surface area contributed by atoms with E-state index in [2.05, 4.69) is 9.97 Å². The maximum Gasteiger partial charge on any atom is 0.268 e. The number of nitrogens with one attached hydrogen (secondary N) is 1. The fourth-order valence-corrected chi connectivity index (χ4v) is 6.27.